The SMILES string of the molecule is CC(C)C(CN)CNC(C)C1CCOC1. The van der Waals surface area contributed by atoms with Gasteiger partial charge in [-0.1, -0.05) is 13.8 Å². The van der Waals surface area contributed by atoms with Crippen molar-refractivity contribution >= 4 is 0 Å². The van der Waals surface area contributed by atoms with E-state index >= 15 is 0 Å². The number of rotatable bonds is 6. The van der Waals surface area contributed by atoms with Crippen LogP contribution in [0.15, 0.2) is 0 Å². The van der Waals surface area contributed by atoms with E-state index in [0.29, 0.717) is 23.8 Å². The second kappa shape index (κ2) is 6.46. The molecule has 1 heterocycles. The lowest BCUT2D eigenvalue weighted by Crippen LogP contribution is -2.40. The molecule has 3 unspecified atom stereocenters. The van der Waals surface area contributed by atoms with E-state index in [1.165, 1.54) is 6.42 Å². The minimum atomic E-state index is 0.556. The Morgan fingerprint density at radius 2 is 2.13 bits per heavy atom. The Morgan fingerprint density at radius 3 is 2.60 bits per heavy atom. The van der Waals surface area contributed by atoms with Crippen molar-refractivity contribution in [2.75, 3.05) is 26.3 Å². The van der Waals surface area contributed by atoms with Gasteiger partial charge in [-0.05, 0) is 44.2 Å². The van der Waals surface area contributed by atoms with Crippen LogP contribution in [0, 0.1) is 17.8 Å². The van der Waals surface area contributed by atoms with Crippen LogP contribution in [-0.2, 0) is 4.74 Å². The van der Waals surface area contributed by atoms with Gasteiger partial charge in [0.2, 0.25) is 0 Å². The van der Waals surface area contributed by atoms with Crippen LogP contribution in [0.2, 0.25) is 0 Å². The number of ether oxygens (including phenoxy) is 1. The molecule has 0 radical (unpaired) electrons. The van der Waals surface area contributed by atoms with Crippen LogP contribution in [0.3, 0.4) is 0 Å². The highest BCUT2D eigenvalue weighted by Gasteiger charge is 2.22. The number of nitrogens with two attached hydrogens (primary N) is 1. The van der Waals surface area contributed by atoms with E-state index in [1.807, 2.05) is 0 Å². The maximum Gasteiger partial charge on any atom is 0.0509 e. The largest absolute Gasteiger partial charge is 0.381 e. The first kappa shape index (κ1) is 12.9. The zero-order valence-electron chi connectivity index (χ0n) is 10.3. The molecule has 0 bridgehead atoms. The number of hydrogen-bond acceptors (Lipinski definition) is 3. The number of nitrogens with one attached hydrogen (secondary N) is 1. The molecule has 15 heavy (non-hydrogen) atoms. The van der Waals surface area contributed by atoms with Gasteiger partial charge >= 0.3 is 0 Å². The Hall–Kier alpha value is -0.120. The molecule has 1 fully saturated rings. The fourth-order valence-electron chi connectivity index (χ4n) is 2.04. The summed E-state index contributed by atoms with van der Waals surface area (Å²) in [5, 5.41) is 3.60. The minimum absolute atomic E-state index is 0.556. The molecular weight excluding hydrogens is 188 g/mol. The maximum atomic E-state index is 5.75. The monoisotopic (exact) mass is 214 g/mol. The molecule has 0 saturated carbocycles. The van der Waals surface area contributed by atoms with Crippen LogP contribution in [-0.4, -0.2) is 32.3 Å². The van der Waals surface area contributed by atoms with E-state index < -0.39 is 0 Å². The van der Waals surface area contributed by atoms with Crippen LogP contribution < -0.4 is 11.1 Å². The molecule has 0 spiro atoms. The van der Waals surface area contributed by atoms with Crippen molar-refractivity contribution in [2.24, 2.45) is 23.5 Å². The molecule has 1 aliphatic heterocycles. The predicted molar refractivity (Wildman–Crippen MR) is 63.8 cm³/mol. The average Bonchev–Trinajstić information content (AvgIpc) is 2.70. The summed E-state index contributed by atoms with van der Waals surface area (Å²) in [5.74, 6) is 1.94. The number of hydrogen-bond donors (Lipinski definition) is 2. The molecule has 0 amide bonds. The van der Waals surface area contributed by atoms with Gasteiger partial charge in [-0.2, -0.15) is 0 Å². The molecule has 1 saturated heterocycles. The third-order valence-corrected chi connectivity index (χ3v) is 3.62. The molecule has 0 aliphatic carbocycles. The van der Waals surface area contributed by atoms with Crippen LogP contribution in [0.25, 0.3) is 0 Å². The first-order valence-electron chi connectivity index (χ1n) is 6.16. The summed E-state index contributed by atoms with van der Waals surface area (Å²) in [5.41, 5.74) is 5.75. The zero-order chi connectivity index (χ0) is 11.3. The summed E-state index contributed by atoms with van der Waals surface area (Å²) >= 11 is 0. The molecule has 1 rings (SSSR count). The van der Waals surface area contributed by atoms with Crippen molar-refractivity contribution < 1.29 is 4.74 Å². The highest BCUT2D eigenvalue weighted by molar-refractivity contribution is 4.77. The van der Waals surface area contributed by atoms with Gasteiger partial charge in [0.25, 0.3) is 0 Å². The van der Waals surface area contributed by atoms with Gasteiger partial charge in [0.05, 0.1) is 6.61 Å². The van der Waals surface area contributed by atoms with Gasteiger partial charge in [0, 0.05) is 12.6 Å². The van der Waals surface area contributed by atoms with Crippen molar-refractivity contribution in [3.63, 3.8) is 0 Å². The third-order valence-electron chi connectivity index (χ3n) is 3.62. The summed E-state index contributed by atoms with van der Waals surface area (Å²) in [6, 6.07) is 0.556. The summed E-state index contributed by atoms with van der Waals surface area (Å²) in [7, 11) is 0. The predicted octanol–water partition coefficient (Wildman–Crippen LogP) is 1.23. The fraction of sp³-hybridized carbons (Fsp3) is 1.00. The van der Waals surface area contributed by atoms with E-state index in [4.69, 9.17) is 10.5 Å². The highest BCUT2D eigenvalue weighted by Crippen LogP contribution is 2.17. The fourth-order valence-corrected chi connectivity index (χ4v) is 2.04. The summed E-state index contributed by atoms with van der Waals surface area (Å²) < 4.78 is 5.39. The quantitative estimate of drug-likeness (QED) is 0.699. The van der Waals surface area contributed by atoms with Crippen LogP contribution in [0.5, 0.6) is 0 Å². The van der Waals surface area contributed by atoms with Gasteiger partial charge in [-0.25, -0.2) is 0 Å². The van der Waals surface area contributed by atoms with E-state index in [-0.39, 0.29) is 0 Å². The molecule has 3 N–H and O–H groups in total. The molecule has 0 aromatic heterocycles. The zero-order valence-corrected chi connectivity index (χ0v) is 10.3. The maximum absolute atomic E-state index is 5.75. The van der Waals surface area contributed by atoms with Crippen molar-refractivity contribution in [3.8, 4) is 0 Å². The topological polar surface area (TPSA) is 47.3 Å². The lowest BCUT2D eigenvalue weighted by molar-refractivity contribution is 0.177. The average molecular weight is 214 g/mol. The first-order valence-corrected chi connectivity index (χ1v) is 6.16. The van der Waals surface area contributed by atoms with Crippen molar-refractivity contribution in [2.45, 2.75) is 33.2 Å². The van der Waals surface area contributed by atoms with E-state index in [0.717, 1.165) is 26.3 Å². The standard InChI is InChI=1S/C12H26N2O/c1-9(2)12(6-13)7-14-10(3)11-4-5-15-8-11/h9-12,14H,4-8,13H2,1-3H3. The van der Waals surface area contributed by atoms with E-state index in [9.17, 15) is 0 Å². The van der Waals surface area contributed by atoms with Gasteiger partial charge in [0.15, 0.2) is 0 Å². The Morgan fingerprint density at radius 1 is 1.40 bits per heavy atom. The van der Waals surface area contributed by atoms with Gasteiger partial charge in [-0.15, -0.1) is 0 Å². The second-order valence-corrected chi connectivity index (χ2v) is 5.06. The summed E-state index contributed by atoms with van der Waals surface area (Å²) in [4.78, 5) is 0. The smallest absolute Gasteiger partial charge is 0.0509 e. The van der Waals surface area contributed by atoms with Gasteiger partial charge in [0.1, 0.15) is 0 Å². The molecule has 90 valence electrons. The van der Waals surface area contributed by atoms with Crippen molar-refractivity contribution in [1.82, 2.24) is 5.32 Å². The summed E-state index contributed by atoms with van der Waals surface area (Å²) in [6.07, 6.45) is 1.20. The van der Waals surface area contributed by atoms with Crippen LogP contribution in [0.4, 0.5) is 0 Å². The molecule has 3 nitrogen and oxygen atoms in total. The van der Waals surface area contributed by atoms with Gasteiger partial charge < -0.3 is 15.8 Å². The Bertz CT molecular complexity index is 167. The van der Waals surface area contributed by atoms with Crippen molar-refractivity contribution in [1.29, 1.82) is 0 Å². The summed E-state index contributed by atoms with van der Waals surface area (Å²) in [6.45, 7) is 10.4. The lowest BCUT2D eigenvalue weighted by Gasteiger charge is -2.25. The Balaban J connectivity index is 2.22. The van der Waals surface area contributed by atoms with Crippen LogP contribution in [0.1, 0.15) is 27.2 Å². The lowest BCUT2D eigenvalue weighted by atomic mass is 9.94. The molecular formula is C12H26N2O. The Labute approximate surface area is 93.8 Å². The Kier molecular flexibility index (Phi) is 5.58. The van der Waals surface area contributed by atoms with Crippen molar-refractivity contribution in [3.05, 3.63) is 0 Å². The van der Waals surface area contributed by atoms with Crippen LogP contribution >= 0.6 is 0 Å². The normalized spacial score (nSPS) is 25.8. The second-order valence-electron chi connectivity index (χ2n) is 5.06. The molecule has 3 atom stereocenters. The minimum Gasteiger partial charge on any atom is -0.381 e. The van der Waals surface area contributed by atoms with E-state index in [2.05, 4.69) is 26.1 Å². The molecule has 1 aliphatic rings. The van der Waals surface area contributed by atoms with E-state index in [1.54, 1.807) is 0 Å². The highest BCUT2D eigenvalue weighted by atomic mass is 16.5. The van der Waals surface area contributed by atoms with Gasteiger partial charge in [-0.3, -0.25) is 0 Å². The molecule has 0 aromatic carbocycles. The first-order chi connectivity index (χ1) is 7.15. The molecule has 3 heteroatoms. The third kappa shape index (κ3) is 4.09. The molecule has 0 aromatic rings.